The van der Waals surface area contributed by atoms with Crippen molar-refractivity contribution >= 4 is 0 Å². The summed E-state index contributed by atoms with van der Waals surface area (Å²) in [5, 5.41) is 0. The van der Waals surface area contributed by atoms with E-state index < -0.39 is 0 Å². The zero-order chi connectivity index (χ0) is 10.5. The molecule has 2 rings (SSSR count). The minimum atomic E-state index is 0.431. The van der Waals surface area contributed by atoms with E-state index in [0.29, 0.717) is 19.8 Å². The van der Waals surface area contributed by atoms with Gasteiger partial charge in [0.1, 0.15) is 24.7 Å². The van der Waals surface area contributed by atoms with Crippen molar-refractivity contribution in [3.05, 3.63) is 47.8 Å². The molecule has 0 saturated heterocycles. The van der Waals surface area contributed by atoms with Crippen molar-refractivity contribution in [3.8, 4) is 0 Å². The summed E-state index contributed by atoms with van der Waals surface area (Å²) in [4.78, 5) is 0. The van der Waals surface area contributed by atoms with Crippen LogP contribution in [-0.4, -0.2) is 0 Å². The fraction of sp³-hybridized carbons (Fsp3) is 0.273. The molecule has 0 atom stereocenters. The smallest absolute Gasteiger partial charge is 0.129 e. The van der Waals surface area contributed by atoms with Gasteiger partial charge in [-0.2, -0.15) is 0 Å². The highest BCUT2D eigenvalue weighted by atomic mass is 16.5. The molecule has 0 radical (unpaired) electrons. The monoisotopic (exact) mass is 207 g/mol. The zero-order valence-electron chi connectivity index (χ0n) is 8.31. The van der Waals surface area contributed by atoms with E-state index in [2.05, 4.69) is 0 Å². The molecule has 0 unspecified atom stereocenters. The number of furan rings is 2. The maximum absolute atomic E-state index is 5.45. The van der Waals surface area contributed by atoms with Crippen molar-refractivity contribution in [2.45, 2.75) is 19.8 Å². The maximum atomic E-state index is 5.45. The Morgan fingerprint density at radius 1 is 1.20 bits per heavy atom. The van der Waals surface area contributed by atoms with Crippen molar-refractivity contribution in [2.75, 3.05) is 0 Å². The van der Waals surface area contributed by atoms with Gasteiger partial charge in [0.2, 0.25) is 0 Å². The minimum Gasteiger partial charge on any atom is -0.467 e. The molecule has 2 aromatic rings. The number of hydrogen-bond donors (Lipinski definition) is 1. The summed E-state index contributed by atoms with van der Waals surface area (Å²) in [7, 11) is 0. The van der Waals surface area contributed by atoms with E-state index in [0.717, 1.165) is 17.1 Å². The Labute approximate surface area is 87.6 Å². The molecule has 4 nitrogen and oxygen atoms in total. The van der Waals surface area contributed by atoms with Crippen molar-refractivity contribution in [2.24, 2.45) is 5.73 Å². The molecule has 0 amide bonds. The van der Waals surface area contributed by atoms with Crippen molar-refractivity contribution in [1.82, 2.24) is 0 Å². The molecule has 0 aliphatic rings. The molecule has 0 bridgehead atoms. The van der Waals surface area contributed by atoms with E-state index >= 15 is 0 Å². The fourth-order valence-electron chi connectivity index (χ4n) is 1.26. The first-order valence-electron chi connectivity index (χ1n) is 4.75. The largest absolute Gasteiger partial charge is 0.467 e. The second-order valence-corrected chi connectivity index (χ2v) is 3.20. The summed E-state index contributed by atoms with van der Waals surface area (Å²) in [5.41, 5.74) is 6.43. The molecule has 0 aliphatic carbocycles. The topological polar surface area (TPSA) is 61.5 Å². The van der Waals surface area contributed by atoms with E-state index in [1.807, 2.05) is 18.2 Å². The molecule has 2 aromatic heterocycles. The molecule has 0 fully saturated rings. The molecule has 80 valence electrons. The van der Waals surface area contributed by atoms with Gasteiger partial charge in [0.05, 0.1) is 12.5 Å². The third kappa shape index (κ3) is 2.71. The molecule has 0 aliphatic heterocycles. The summed E-state index contributed by atoms with van der Waals surface area (Å²) in [5.74, 6) is 1.59. The fourth-order valence-corrected chi connectivity index (χ4v) is 1.26. The van der Waals surface area contributed by atoms with Crippen LogP contribution in [-0.2, 0) is 24.5 Å². The normalized spacial score (nSPS) is 10.7. The third-order valence-corrected chi connectivity index (χ3v) is 2.01. The van der Waals surface area contributed by atoms with Gasteiger partial charge >= 0.3 is 0 Å². The van der Waals surface area contributed by atoms with Crippen LogP contribution < -0.4 is 5.73 Å². The van der Waals surface area contributed by atoms with Gasteiger partial charge < -0.3 is 19.3 Å². The van der Waals surface area contributed by atoms with Crippen LogP contribution in [0.25, 0.3) is 0 Å². The predicted molar refractivity (Wildman–Crippen MR) is 53.8 cm³/mol. The lowest BCUT2D eigenvalue weighted by molar-refractivity contribution is 0.0803. The predicted octanol–water partition coefficient (Wildman–Crippen LogP) is 2.05. The summed E-state index contributed by atoms with van der Waals surface area (Å²) in [6.07, 6.45) is 3.27. The molecule has 2 heterocycles. The van der Waals surface area contributed by atoms with E-state index in [1.54, 1.807) is 12.5 Å². The Morgan fingerprint density at radius 3 is 2.73 bits per heavy atom. The highest BCUT2D eigenvalue weighted by Gasteiger charge is 2.01. The number of nitrogens with two attached hydrogens (primary N) is 1. The summed E-state index contributed by atoms with van der Waals surface area (Å²) < 4.78 is 15.8. The second-order valence-electron chi connectivity index (χ2n) is 3.20. The van der Waals surface area contributed by atoms with Gasteiger partial charge in [0.25, 0.3) is 0 Å². The molecule has 4 heteroatoms. The van der Waals surface area contributed by atoms with Crippen LogP contribution in [0.5, 0.6) is 0 Å². The molecular weight excluding hydrogens is 194 g/mol. The van der Waals surface area contributed by atoms with Crippen LogP contribution in [0.4, 0.5) is 0 Å². The lowest BCUT2D eigenvalue weighted by Crippen LogP contribution is -1.94. The van der Waals surface area contributed by atoms with E-state index in [-0.39, 0.29) is 0 Å². The Morgan fingerprint density at radius 2 is 2.07 bits per heavy atom. The first-order valence-corrected chi connectivity index (χ1v) is 4.75. The van der Waals surface area contributed by atoms with Crippen LogP contribution in [0.2, 0.25) is 0 Å². The van der Waals surface area contributed by atoms with Crippen molar-refractivity contribution in [3.63, 3.8) is 0 Å². The summed E-state index contributed by atoms with van der Waals surface area (Å²) in [6, 6.07) is 5.59. The molecule has 0 spiro atoms. The van der Waals surface area contributed by atoms with Crippen molar-refractivity contribution < 1.29 is 13.6 Å². The number of hydrogen-bond acceptors (Lipinski definition) is 4. The first kappa shape index (κ1) is 10.0. The molecular formula is C11H13NO3. The van der Waals surface area contributed by atoms with Gasteiger partial charge in [0.15, 0.2) is 0 Å². The quantitative estimate of drug-likeness (QED) is 0.815. The van der Waals surface area contributed by atoms with Gasteiger partial charge in [-0.15, -0.1) is 0 Å². The van der Waals surface area contributed by atoms with Crippen molar-refractivity contribution in [1.29, 1.82) is 0 Å². The van der Waals surface area contributed by atoms with E-state index in [4.69, 9.17) is 19.3 Å². The zero-order valence-corrected chi connectivity index (χ0v) is 8.31. The Kier molecular flexibility index (Phi) is 3.22. The van der Waals surface area contributed by atoms with Crippen LogP contribution in [0.15, 0.2) is 39.6 Å². The number of rotatable bonds is 5. The standard InChI is InChI=1S/C11H13NO3/c12-5-9-4-11(15-6-9)8-13-7-10-2-1-3-14-10/h1-4,6H,5,7-8,12H2. The van der Waals surface area contributed by atoms with Crippen LogP contribution >= 0.6 is 0 Å². The molecule has 0 saturated carbocycles. The Bertz CT molecular complexity index is 392. The highest BCUT2D eigenvalue weighted by Crippen LogP contribution is 2.10. The van der Waals surface area contributed by atoms with Crippen LogP contribution in [0, 0.1) is 0 Å². The molecule has 15 heavy (non-hydrogen) atoms. The second kappa shape index (κ2) is 4.82. The number of ether oxygens (including phenoxy) is 1. The van der Waals surface area contributed by atoms with E-state index in [9.17, 15) is 0 Å². The average molecular weight is 207 g/mol. The Hall–Kier alpha value is -1.52. The average Bonchev–Trinajstić information content (AvgIpc) is 2.88. The Balaban J connectivity index is 1.78. The highest BCUT2D eigenvalue weighted by molar-refractivity contribution is 5.11. The van der Waals surface area contributed by atoms with Crippen LogP contribution in [0.3, 0.4) is 0 Å². The summed E-state index contributed by atoms with van der Waals surface area (Å²) in [6.45, 7) is 1.37. The van der Waals surface area contributed by atoms with Gasteiger partial charge in [0, 0.05) is 12.1 Å². The minimum absolute atomic E-state index is 0.431. The first-order chi connectivity index (χ1) is 7.38. The van der Waals surface area contributed by atoms with E-state index in [1.165, 1.54) is 0 Å². The van der Waals surface area contributed by atoms with Crippen LogP contribution in [0.1, 0.15) is 17.1 Å². The SMILES string of the molecule is NCc1coc(COCc2ccco2)c1. The molecule has 0 aromatic carbocycles. The van der Waals surface area contributed by atoms with Gasteiger partial charge in [-0.3, -0.25) is 0 Å². The van der Waals surface area contributed by atoms with Gasteiger partial charge in [-0.25, -0.2) is 0 Å². The maximum Gasteiger partial charge on any atom is 0.129 e. The molecule has 2 N–H and O–H groups in total. The summed E-state index contributed by atoms with van der Waals surface area (Å²) >= 11 is 0. The third-order valence-electron chi connectivity index (χ3n) is 2.01. The lowest BCUT2D eigenvalue weighted by Gasteiger charge is -1.98. The lowest BCUT2D eigenvalue weighted by atomic mass is 10.3. The van der Waals surface area contributed by atoms with Gasteiger partial charge in [-0.05, 0) is 18.2 Å². The van der Waals surface area contributed by atoms with Gasteiger partial charge in [-0.1, -0.05) is 0 Å².